The van der Waals surface area contributed by atoms with Crippen LogP contribution in [0.15, 0.2) is 48.5 Å². The van der Waals surface area contributed by atoms with Crippen molar-refractivity contribution in [1.29, 1.82) is 5.26 Å². The summed E-state index contributed by atoms with van der Waals surface area (Å²) < 4.78 is 5.63. The molecule has 0 unspecified atom stereocenters. The molecule has 5 nitrogen and oxygen atoms in total. The number of hydrogen-bond donors (Lipinski definition) is 1. The standard InChI is InChI=1S/C19H20ClN3O2/c1-23(12-13-25-18-8-4-16(20)5-9-18)11-10-19(24)22-17-6-2-15(14-21)3-7-17/h2-9H,10-13H2,1H3,(H,22,24). The van der Waals surface area contributed by atoms with E-state index in [0.29, 0.717) is 42.4 Å². The molecule has 25 heavy (non-hydrogen) atoms. The summed E-state index contributed by atoms with van der Waals surface area (Å²) in [7, 11) is 1.94. The molecule has 1 N–H and O–H groups in total. The Kier molecular flexibility index (Phi) is 7.27. The van der Waals surface area contributed by atoms with Crippen molar-refractivity contribution in [3.8, 4) is 11.8 Å². The second-order valence-corrected chi connectivity index (χ2v) is 6.03. The summed E-state index contributed by atoms with van der Waals surface area (Å²) >= 11 is 5.82. The van der Waals surface area contributed by atoms with Crippen LogP contribution in [0.3, 0.4) is 0 Å². The van der Waals surface area contributed by atoms with Gasteiger partial charge in [-0.25, -0.2) is 0 Å². The van der Waals surface area contributed by atoms with Gasteiger partial charge in [-0.05, 0) is 55.6 Å². The van der Waals surface area contributed by atoms with Crippen molar-refractivity contribution in [2.75, 3.05) is 32.1 Å². The van der Waals surface area contributed by atoms with E-state index in [-0.39, 0.29) is 5.91 Å². The predicted molar refractivity (Wildman–Crippen MR) is 98.8 cm³/mol. The number of halogens is 1. The number of carbonyl (C=O) groups is 1. The van der Waals surface area contributed by atoms with Gasteiger partial charge >= 0.3 is 0 Å². The van der Waals surface area contributed by atoms with Gasteiger partial charge in [0.25, 0.3) is 0 Å². The second-order valence-electron chi connectivity index (χ2n) is 5.59. The molecule has 130 valence electrons. The fourth-order valence-corrected chi connectivity index (χ4v) is 2.23. The highest BCUT2D eigenvalue weighted by molar-refractivity contribution is 6.30. The third-order valence-electron chi connectivity index (χ3n) is 3.57. The molecule has 2 rings (SSSR count). The van der Waals surface area contributed by atoms with Gasteiger partial charge in [0, 0.05) is 30.2 Å². The summed E-state index contributed by atoms with van der Waals surface area (Å²) in [6, 6.07) is 16.1. The Hall–Kier alpha value is -2.55. The van der Waals surface area contributed by atoms with Gasteiger partial charge in [0.2, 0.25) is 5.91 Å². The first-order chi connectivity index (χ1) is 12.1. The number of likely N-dealkylation sites (N-methyl/N-ethyl adjacent to an activating group) is 1. The summed E-state index contributed by atoms with van der Waals surface area (Å²) in [5.74, 6) is 0.714. The van der Waals surface area contributed by atoms with Gasteiger partial charge in [-0.1, -0.05) is 11.6 Å². The van der Waals surface area contributed by atoms with E-state index in [2.05, 4.69) is 5.32 Å². The highest BCUT2D eigenvalue weighted by Crippen LogP contribution is 2.15. The van der Waals surface area contributed by atoms with Gasteiger partial charge in [0.05, 0.1) is 11.6 Å². The zero-order valence-electron chi connectivity index (χ0n) is 14.0. The first-order valence-corrected chi connectivity index (χ1v) is 8.31. The van der Waals surface area contributed by atoms with Gasteiger partial charge in [0.1, 0.15) is 12.4 Å². The Morgan fingerprint density at radius 3 is 2.48 bits per heavy atom. The smallest absolute Gasteiger partial charge is 0.225 e. The Morgan fingerprint density at radius 2 is 1.84 bits per heavy atom. The van der Waals surface area contributed by atoms with E-state index in [0.717, 1.165) is 5.75 Å². The average Bonchev–Trinajstić information content (AvgIpc) is 2.62. The van der Waals surface area contributed by atoms with Crippen LogP contribution in [0.4, 0.5) is 5.69 Å². The SMILES string of the molecule is CN(CCOc1ccc(Cl)cc1)CCC(=O)Nc1ccc(C#N)cc1. The summed E-state index contributed by atoms with van der Waals surface area (Å²) in [5.41, 5.74) is 1.26. The molecule has 0 aliphatic rings. The maximum absolute atomic E-state index is 12.0. The lowest BCUT2D eigenvalue weighted by molar-refractivity contribution is -0.116. The van der Waals surface area contributed by atoms with Crippen LogP contribution in [0.25, 0.3) is 0 Å². The molecule has 0 bridgehead atoms. The van der Waals surface area contributed by atoms with Crippen molar-refractivity contribution in [1.82, 2.24) is 4.90 Å². The monoisotopic (exact) mass is 357 g/mol. The van der Waals surface area contributed by atoms with Crippen LogP contribution < -0.4 is 10.1 Å². The molecule has 1 amide bonds. The van der Waals surface area contributed by atoms with Crippen molar-refractivity contribution in [2.45, 2.75) is 6.42 Å². The molecule has 0 aliphatic carbocycles. The molecule has 0 spiro atoms. The molecule has 0 radical (unpaired) electrons. The molecule has 2 aromatic rings. The van der Waals surface area contributed by atoms with Gasteiger partial charge in [0.15, 0.2) is 0 Å². The molecule has 2 aromatic carbocycles. The largest absolute Gasteiger partial charge is 0.492 e. The molecule has 6 heteroatoms. The highest BCUT2D eigenvalue weighted by Gasteiger charge is 2.06. The second kappa shape index (κ2) is 9.67. The molecule has 0 fully saturated rings. The predicted octanol–water partition coefficient (Wildman–Crippen LogP) is 3.55. The zero-order chi connectivity index (χ0) is 18.1. The number of rotatable bonds is 8. The maximum atomic E-state index is 12.0. The number of ether oxygens (including phenoxy) is 1. The van der Waals surface area contributed by atoms with Gasteiger partial charge < -0.3 is 15.0 Å². The van der Waals surface area contributed by atoms with E-state index in [9.17, 15) is 4.79 Å². The molecule has 0 aliphatic heterocycles. The van der Waals surface area contributed by atoms with E-state index < -0.39 is 0 Å². The summed E-state index contributed by atoms with van der Waals surface area (Å²) in [4.78, 5) is 14.0. The molecule has 0 saturated heterocycles. The summed E-state index contributed by atoms with van der Waals surface area (Å²) in [6.45, 7) is 1.88. The zero-order valence-corrected chi connectivity index (χ0v) is 14.8. The Bertz CT molecular complexity index is 724. The lowest BCUT2D eigenvalue weighted by Gasteiger charge is -2.16. The third-order valence-corrected chi connectivity index (χ3v) is 3.83. The van der Waals surface area contributed by atoms with Crippen LogP contribution in [0.2, 0.25) is 5.02 Å². The van der Waals surface area contributed by atoms with Crippen LogP contribution in [0, 0.1) is 11.3 Å². The first-order valence-electron chi connectivity index (χ1n) is 7.94. The molecule has 0 aromatic heterocycles. The van der Waals surface area contributed by atoms with E-state index in [4.69, 9.17) is 21.6 Å². The Balaban J connectivity index is 1.64. The van der Waals surface area contributed by atoms with Gasteiger partial charge in [-0.2, -0.15) is 5.26 Å². The van der Waals surface area contributed by atoms with Crippen LogP contribution in [-0.2, 0) is 4.79 Å². The van der Waals surface area contributed by atoms with Crippen molar-refractivity contribution in [2.24, 2.45) is 0 Å². The summed E-state index contributed by atoms with van der Waals surface area (Å²) in [5, 5.41) is 12.2. The minimum Gasteiger partial charge on any atom is -0.492 e. The van der Waals surface area contributed by atoms with Gasteiger partial charge in [-0.3, -0.25) is 4.79 Å². The number of amides is 1. The number of benzene rings is 2. The van der Waals surface area contributed by atoms with E-state index in [1.807, 2.05) is 30.1 Å². The van der Waals surface area contributed by atoms with Crippen molar-refractivity contribution >= 4 is 23.2 Å². The van der Waals surface area contributed by atoms with Gasteiger partial charge in [-0.15, -0.1) is 0 Å². The number of anilines is 1. The minimum absolute atomic E-state index is 0.0600. The molecular weight excluding hydrogens is 338 g/mol. The average molecular weight is 358 g/mol. The van der Waals surface area contributed by atoms with E-state index >= 15 is 0 Å². The molecule has 0 atom stereocenters. The van der Waals surface area contributed by atoms with Crippen molar-refractivity contribution < 1.29 is 9.53 Å². The van der Waals surface area contributed by atoms with Crippen LogP contribution >= 0.6 is 11.6 Å². The number of nitrogens with zero attached hydrogens (tertiary/aromatic N) is 2. The third kappa shape index (κ3) is 6.84. The number of nitriles is 1. The van der Waals surface area contributed by atoms with Crippen LogP contribution in [0.1, 0.15) is 12.0 Å². The molecule has 0 saturated carbocycles. The quantitative estimate of drug-likeness (QED) is 0.784. The van der Waals surface area contributed by atoms with E-state index in [1.54, 1.807) is 36.4 Å². The molecular formula is C19H20ClN3O2. The van der Waals surface area contributed by atoms with Crippen molar-refractivity contribution in [3.63, 3.8) is 0 Å². The molecule has 0 heterocycles. The summed E-state index contributed by atoms with van der Waals surface area (Å²) in [6.07, 6.45) is 0.386. The highest BCUT2D eigenvalue weighted by atomic mass is 35.5. The maximum Gasteiger partial charge on any atom is 0.225 e. The first kappa shape index (κ1) is 18.8. The van der Waals surface area contributed by atoms with E-state index in [1.165, 1.54) is 0 Å². The van der Waals surface area contributed by atoms with Crippen LogP contribution in [0.5, 0.6) is 5.75 Å². The lowest BCUT2D eigenvalue weighted by Crippen LogP contribution is -2.28. The Morgan fingerprint density at radius 1 is 1.16 bits per heavy atom. The number of hydrogen-bond acceptors (Lipinski definition) is 4. The normalized spacial score (nSPS) is 10.3. The van der Waals surface area contributed by atoms with Crippen molar-refractivity contribution in [3.05, 3.63) is 59.1 Å². The number of carbonyl (C=O) groups excluding carboxylic acids is 1. The Labute approximate surface area is 152 Å². The lowest BCUT2D eigenvalue weighted by atomic mass is 10.2. The minimum atomic E-state index is -0.0600. The topological polar surface area (TPSA) is 65.4 Å². The van der Waals surface area contributed by atoms with Crippen LogP contribution in [-0.4, -0.2) is 37.6 Å². The fourth-order valence-electron chi connectivity index (χ4n) is 2.11. The fraction of sp³-hybridized carbons (Fsp3) is 0.263. The number of nitrogens with one attached hydrogen (secondary N) is 1.